The minimum absolute atomic E-state index is 0.115. The molecular weight excluding hydrogens is 306 g/mol. The monoisotopic (exact) mass is 323 g/mol. The first-order valence-corrected chi connectivity index (χ1v) is 8.37. The zero-order chi connectivity index (χ0) is 15.8. The fourth-order valence-electron chi connectivity index (χ4n) is 3.69. The molecule has 1 fully saturated rings. The minimum Gasteiger partial charge on any atom is -0.298 e. The average Bonchev–Trinajstić information content (AvgIpc) is 3.08. The summed E-state index contributed by atoms with van der Waals surface area (Å²) >= 11 is 5.94. The number of carbonyl (C=O) groups is 1. The summed E-state index contributed by atoms with van der Waals surface area (Å²) in [7, 11) is 0. The van der Waals surface area contributed by atoms with E-state index in [1.54, 1.807) is 0 Å². The highest BCUT2D eigenvalue weighted by Crippen LogP contribution is 2.38. The first-order chi connectivity index (χ1) is 11.2. The molecule has 1 saturated heterocycles. The summed E-state index contributed by atoms with van der Waals surface area (Å²) in [5, 5.41) is 0.703. The van der Waals surface area contributed by atoms with E-state index in [4.69, 9.17) is 11.6 Å². The molecule has 0 aromatic heterocycles. The zero-order valence-electron chi connectivity index (χ0n) is 12.8. The van der Waals surface area contributed by atoms with Crippen molar-refractivity contribution in [2.24, 2.45) is 11.8 Å². The predicted molar refractivity (Wildman–Crippen MR) is 93.1 cm³/mol. The molecular formula is C20H18ClNO. The second-order valence-corrected chi connectivity index (χ2v) is 6.84. The quantitative estimate of drug-likeness (QED) is 0.849. The van der Waals surface area contributed by atoms with E-state index in [0.29, 0.717) is 10.9 Å². The molecule has 0 amide bonds. The Morgan fingerprint density at radius 1 is 1.00 bits per heavy atom. The van der Waals surface area contributed by atoms with Crippen molar-refractivity contribution < 1.29 is 4.79 Å². The number of halogens is 1. The number of nitrogens with zero attached hydrogens (tertiary/aromatic N) is 1. The molecule has 0 spiro atoms. The van der Waals surface area contributed by atoms with Crippen LogP contribution in [0.1, 0.15) is 11.1 Å². The van der Waals surface area contributed by atoms with Gasteiger partial charge in [-0.15, -0.1) is 0 Å². The number of benzene rings is 2. The lowest BCUT2D eigenvalue weighted by Crippen LogP contribution is -2.23. The Morgan fingerprint density at radius 3 is 2.43 bits per heavy atom. The maximum absolute atomic E-state index is 12.7. The number of likely N-dealkylation sites (tertiary alicyclic amines) is 1. The predicted octanol–water partition coefficient (Wildman–Crippen LogP) is 4.05. The van der Waals surface area contributed by atoms with Gasteiger partial charge < -0.3 is 0 Å². The van der Waals surface area contributed by atoms with E-state index in [9.17, 15) is 4.79 Å². The van der Waals surface area contributed by atoms with E-state index in [-0.39, 0.29) is 11.7 Å². The number of fused-ring (bicyclic) bond motifs is 1. The highest BCUT2D eigenvalue weighted by atomic mass is 35.5. The van der Waals surface area contributed by atoms with Crippen LogP contribution in [0.4, 0.5) is 0 Å². The van der Waals surface area contributed by atoms with E-state index in [1.807, 2.05) is 30.3 Å². The van der Waals surface area contributed by atoms with Gasteiger partial charge in [0.05, 0.1) is 0 Å². The molecule has 0 N–H and O–H groups in total. The maximum Gasteiger partial charge on any atom is 0.168 e. The molecule has 1 aliphatic carbocycles. The van der Waals surface area contributed by atoms with Crippen LogP contribution in [0.5, 0.6) is 0 Å². The molecule has 3 heteroatoms. The molecule has 4 rings (SSSR count). The first-order valence-electron chi connectivity index (χ1n) is 7.99. The summed E-state index contributed by atoms with van der Waals surface area (Å²) in [5.41, 5.74) is 3.17. The van der Waals surface area contributed by atoms with Crippen molar-refractivity contribution >= 4 is 23.0 Å². The van der Waals surface area contributed by atoms with Gasteiger partial charge in [-0.05, 0) is 23.3 Å². The van der Waals surface area contributed by atoms with Crippen molar-refractivity contribution in [1.82, 2.24) is 4.90 Å². The van der Waals surface area contributed by atoms with Gasteiger partial charge in [0, 0.05) is 42.1 Å². The van der Waals surface area contributed by atoms with Crippen LogP contribution in [0, 0.1) is 11.8 Å². The third-order valence-electron chi connectivity index (χ3n) is 4.83. The lowest BCUT2D eigenvalue weighted by Gasteiger charge is -2.16. The standard InChI is InChI=1S/C20H18ClNO/c21-17-8-6-15(7-9-17)18-10-16-12-22(13-19(16)20(18)23)11-14-4-2-1-3-5-14/h1-10,16,19H,11-13H2. The van der Waals surface area contributed by atoms with Gasteiger partial charge in [-0.2, -0.15) is 0 Å². The van der Waals surface area contributed by atoms with Gasteiger partial charge in [-0.1, -0.05) is 60.1 Å². The largest absolute Gasteiger partial charge is 0.298 e. The van der Waals surface area contributed by atoms with Crippen LogP contribution in [0.15, 0.2) is 60.7 Å². The summed E-state index contributed by atoms with van der Waals surface area (Å²) in [5.74, 6) is 0.745. The van der Waals surface area contributed by atoms with Gasteiger partial charge in [0.2, 0.25) is 0 Å². The fourth-order valence-corrected chi connectivity index (χ4v) is 3.82. The topological polar surface area (TPSA) is 20.3 Å². The van der Waals surface area contributed by atoms with Gasteiger partial charge in [-0.3, -0.25) is 9.69 Å². The third-order valence-corrected chi connectivity index (χ3v) is 5.08. The van der Waals surface area contributed by atoms with Crippen LogP contribution < -0.4 is 0 Å². The van der Waals surface area contributed by atoms with Crippen LogP contribution >= 0.6 is 11.6 Å². The van der Waals surface area contributed by atoms with Crippen molar-refractivity contribution in [2.75, 3.05) is 13.1 Å². The molecule has 2 unspecified atom stereocenters. The molecule has 23 heavy (non-hydrogen) atoms. The molecule has 0 saturated carbocycles. The van der Waals surface area contributed by atoms with E-state index >= 15 is 0 Å². The Bertz CT molecular complexity index is 751. The van der Waals surface area contributed by atoms with Crippen LogP contribution in [-0.4, -0.2) is 23.8 Å². The Balaban J connectivity index is 1.50. The van der Waals surface area contributed by atoms with E-state index in [2.05, 4.69) is 35.2 Å². The minimum atomic E-state index is 0.115. The highest BCUT2D eigenvalue weighted by molar-refractivity contribution is 6.31. The first kappa shape index (κ1) is 14.7. The lowest BCUT2D eigenvalue weighted by molar-refractivity contribution is -0.116. The number of ketones is 1. The molecule has 2 aliphatic rings. The van der Waals surface area contributed by atoms with E-state index < -0.39 is 0 Å². The second-order valence-electron chi connectivity index (χ2n) is 6.40. The number of rotatable bonds is 3. The molecule has 2 atom stereocenters. The van der Waals surface area contributed by atoms with Crippen LogP contribution in [0.2, 0.25) is 5.02 Å². The SMILES string of the molecule is O=C1C(c2ccc(Cl)cc2)=CC2CN(Cc3ccccc3)CC12. The Morgan fingerprint density at radius 2 is 1.74 bits per heavy atom. The summed E-state index contributed by atoms with van der Waals surface area (Å²) in [4.78, 5) is 15.1. The summed E-state index contributed by atoms with van der Waals surface area (Å²) in [6.07, 6.45) is 2.17. The zero-order valence-corrected chi connectivity index (χ0v) is 13.5. The maximum atomic E-state index is 12.7. The molecule has 0 bridgehead atoms. The lowest BCUT2D eigenvalue weighted by atomic mass is 9.97. The normalized spacial score (nSPS) is 23.9. The molecule has 2 nitrogen and oxygen atoms in total. The van der Waals surface area contributed by atoms with Gasteiger partial charge in [0.1, 0.15) is 0 Å². The smallest absolute Gasteiger partial charge is 0.168 e. The van der Waals surface area contributed by atoms with Crippen molar-refractivity contribution in [3.8, 4) is 0 Å². The molecule has 1 aliphatic heterocycles. The van der Waals surface area contributed by atoms with Gasteiger partial charge in [-0.25, -0.2) is 0 Å². The molecule has 116 valence electrons. The molecule has 2 aromatic rings. The Hall–Kier alpha value is -1.90. The molecule has 1 heterocycles. The van der Waals surface area contributed by atoms with Crippen molar-refractivity contribution in [3.05, 3.63) is 76.8 Å². The van der Waals surface area contributed by atoms with Crippen LogP contribution in [0.3, 0.4) is 0 Å². The number of allylic oxidation sites excluding steroid dienone is 1. The van der Waals surface area contributed by atoms with Gasteiger partial charge in [0.15, 0.2) is 5.78 Å². The van der Waals surface area contributed by atoms with E-state index in [1.165, 1.54) is 5.56 Å². The van der Waals surface area contributed by atoms with E-state index in [0.717, 1.165) is 30.8 Å². The summed E-state index contributed by atoms with van der Waals surface area (Å²) < 4.78 is 0. The number of carbonyl (C=O) groups excluding carboxylic acids is 1. The highest BCUT2D eigenvalue weighted by Gasteiger charge is 2.42. The van der Waals surface area contributed by atoms with Crippen molar-refractivity contribution in [1.29, 1.82) is 0 Å². The van der Waals surface area contributed by atoms with Crippen molar-refractivity contribution in [3.63, 3.8) is 0 Å². The van der Waals surface area contributed by atoms with Gasteiger partial charge in [0.25, 0.3) is 0 Å². The average molecular weight is 324 g/mol. The van der Waals surface area contributed by atoms with Crippen LogP contribution in [0.25, 0.3) is 5.57 Å². The third kappa shape index (κ3) is 2.85. The molecule has 2 aromatic carbocycles. The fraction of sp³-hybridized carbons (Fsp3) is 0.250. The second kappa shape index (κ2) is 5.95. The Labute approximate surface area is 141 Å². The van der Waals surface area contributed by atoms with Crippen molar-refractivity contribution in [2.45, 2.75) is 6.54 Å². The molecule has 0 radical (unpaired) electrons. The number of Topliss-reactive ketones (excluding diaryl/α,β-unsaturated/α-hetero) is 1. The van der Waals surface area contributed by atoms with Gasteiger partial charge >= 0.3 is 0 Å². The number of hydrogen-bond donors (Lipinski definition) is 0. The Kier molecular flexibility index (Phi) is 3.80. The summed E-state index contributed by atoms with van der Waals surface area (Å²) in [6.45, 7) is 2.74. The van der Waals surface area contributed by atoms with Crippen LogP contribution in [-0.2, 0) is 11.3 Å². The summed E-state index contributed by atoms with van der Waals surface area (Å²) in [6, 6.07) is 18.0. The number of hydrogen-bond acceptors (Lipinski definition) is 2.